The lowest BCUT2D eigenvalue weighted by atomic mass is 10.1. The second-order valence-corrected chi connectivity index (χ2v) is 6.48. The van der Waals surface area contributed by atoms with Gasteiger partial charge in [-0.15, -0.1) is 0 Å². The summed E-state index contributed by atoms with van der Waals surface area (Å²) in [4.78, 5) is 17.1. The minimum atomic E-state index is -0.223. The quantitative estimate of drug-likeness (QED) is 0.492. The van der Waals surface area contributed by atoms with E-state index in [0.29, 0.717) is 52.9 Å². The van der Waals surface area contributed by atoms with E-state index in [2.05, 4.69) is 15.5 Å². The van der Waals surface area contributed by atoms with Gasteiger partial charge in [0.2, 0.25) is 11.6 Å². The predicted molar refractivity (Wildman–Crippen MR) is 114 cm³/mol. The van der Waals surface area contributed by atoms with E-state index in [1.165, 1.54) is 21.3 Å². The van der Waals surface area contributed by atoms with Crippen LogP contribution < -0.4 is 19.5 Å². The molecule has 0 spiro atoms. The van der Waals surface area contributed by atoms with Crippen molar-refractivity contribution in [3.63, 3.8) is 0 Å². The minimum absolute atomic E-state index is 0.223. The molecule has 0 unspecified atom stereocenters. The molecule has 0 radical (unpaired) electrons. The first-order chi connectivity index (χ1) is 15.1. The summed E-state index contributed by atoms with van der Waals surface area (Å²) in [6.45, 7) is 1.07. The first kappa shape index (κ1) is 22.1. The molecule has 0 bridgehead atoms. The highest BCUT2D eigenvalue weighted by atomic mass is 16.5. The van der Waals surface area contributed by atoms with Gasteiger partial charge < -0.3 is 28.8 Å². The van der Waals surface area contributed by atoms with Crippen molar-refractivity contribution in [3.05, 3.63) is 42.0 Å². The van der Waals surface area contributed by atoms with Gasteiger partial charge in [0.05, 0.1) is 32.5 Å². The fourth-order valence-electron chi connectivity index (χ4n) is 3.04. The Labute approximate surface area is 180 Å². The van der Waals surface area contributed by atoms with Crippen molar-refractivity contribution in [2.24, 2.45) is 0 Å². The van der Waals surface area contributed by atoms with Gasteiger partial charge in [0, 0.05) is 25.8 Å². The van der Waals surface area contributed by atoms with Crippen LogP contribution in [-0.4, -0.2) is 57.6 Å². The van der Waals surface area contributed by atoms with E-state index in [1.807, 2.05) is 0 Å². The van der Waals surface area contributed by atoms with Crippen molar-refractivity contribution in [1.29, 1.82) is 0 Å². The topological polar surface area (TPSA) is 105 Å². The van der Waals surface area contributed by atoms with Crippen LogP contribution in [0.25, 0.3) is 22.8 Å². The van der Waals surface area contributed by atoms with Crippen LogP contribution in [0, 0.1) is 0 Å². The molecule has 0 aliphatic carbocycles. The Kier molecular flexibility index (Phi) is 7.45. The molecule has 1 aromatic heterocycles. The first-order valence-electron chi connectivity index (χ1n) is 9.63. The third-order valence-electron chi connectivity index (χ3n) is 4.56. The molecular formula is C22H25N3O6. The molecule has 0 aliphatic rings. The van der Waals surface area contributed by atoms with E-state index < -0.39 is 0 Å². The minimum Gasteiger partial charge on any atom is -0.493 e. The number of hydrogen-bond donors (Lipinski definition) is 1. The fourth-order valence-corrected chi connectivity index (χ4v) is 3.04. The van der Waals surface area contributed by atoms with Crippen LogP contribution >= 0.6 is 0 Å². The number of nitrogens with one attached hydrogen (secondary N) is 1. The van der Waals surface area contributed by atoms with Crippen molar-refractivity contribution >= 4 is 5.91 Å². The zero-order valence-electron chi connectivity index (χ0n) is 17.9. The molecule has 9 nitrogen and oxygen atoms in total. The third-order valence-corrected chi connectivity index (χ3v) is 4.56. The van der Waals surface area contributed by atoms with E-state index in [9.17, 15) is 4.79 Å². The van der Waals surface area contributed by atoms with Gasteiger partial charge in [0.1, 0.15) is 0 Å². The molecule has 1 heterocycles. The monoisotopic (exact) mass is 427 g/mol. The lowest BCUT2D eigenvalue weighted by Crippen LogP contribution is -2.25. The average molecular weight is 427 g/mol. The SMILES string of the molecule is COCCCNC(=O)c1ccccc1-c1nc(-c2cc(OC)c(OC)c(OC)c2)no1. The normalized spacial score (nSPS) is 10.6. The molecule has 164 valence electrons. The smallest absolute Gasteiger partial charge is 0.259 e. The number of aromatic nitrogens is 2. The zero-order chi connectivity index (χ0) is 22.2. The van der Waals surface area contributed by atoms with Gasteiger partial charge in [-0.2, -0.15) is 4.98 Å². The van der Waals surface area contributed by atoms with Gasteiger partial charge in [-0.3, -0.25) is 4.79 Å². The lowest BCUT2D eigenvalue weighted by Gasteiger charge is -2.12. The highest BCUT2D eigenvalue weighted by molar-refractivity contribution is 6.00. The van der Waals surface area contributed by atoms with Crippen molar-refractivity contribution in [2.75, 3.05) is 41.6 Å². The summed E-state index contributed by atoms with van der Waals surface area (Å²) >= 11 is 0. The highest BCUT2D eigenvalue weighted by Gasteiger charge is 2.20. The molecule has 0 atom stereocenters. The Bertz CT molecular complexity index is 1010. The van der Waals surface area contributed by atoms with Gasteiger partial charge in [0.15, 0.2) is 11.5 Å². The molecule has 0 aliphatic heterocycles. The van der Waals surface area contributed by atoms with E-state index in [0.717, 1.165) is 6.42 Å². The Balaban J connectivity index is 1.91. The van der Waals surface area contributed by atoms with Crippen LogP contribution in [-0.2, 0) is 4.74 Å². The van der Waals surface area contributed by atoms with Crippen LogP contribution in [0.4, 0.5) is 0 Å². The maximum Gasteiger partial charge on any atom is 0.259 e. The standard InChI is InChI=1S/C22H25N3O6/c1-27-11-7-10-23-21(26)15-8-5-6-9-16(15)22-24-20(25-31-22)14-12-17(28-2)19(30-4)18(13-14)29-3/h5-6,8-9,12-13H,7,10-11H2,1-4H3,(H,23,26). The number of nitrogens with zero attached hydrogens (tertiary/aromatic N) is 2. The Morgan fingerprint density at radius 1 is 1.03 bits per heavy atom. The molecule has 2 aromatic carbocycles. The molecule has 3 aromatic rings. The highest BCUT2D eigenvalue weighted by Crippen LogP contribution is 2.40. The summed E-state index contributed by atoms with van der Waals surface area (Å²) in [7, 11) is 6.22. The number of ether oxygens (including phenoxy) is 4. The summed E-state index contributed by atoms with van der Waals surface area (Å²) in [5.74, 6) is 1.74. The van der Waals surface area contributed by atoms with Gasteiger partial charge in [-0.1, -0.05) is 17.3 Å². The summed E-state index contributed by atoms with van der Waals surface area (Å²) in [6, 6.07) is 10.5. The Hall–Kier alpha value is -3.59. The van der Waals surface area contributed by atoms with Crippen molar-refractivity contribution < 1.29 is 28.3 Å². The number of carbonyl (C=O) groups excluding carboxylic acids is 1. The molecule has 1 N–H and O–H groups in total. The van der Waals surface area contributed by atoms with Crippen LogP contribution in [0.2, 0.25) is 0 Å². The molecule has 9 heteroatoms. The van der Waals surface area contributed by atoms with Crippen LogP contribution in [0.3, 0.4) is 0 Å². The van der Waals surface area contributed by atoms with Crippen molar-refractivity contribution in [3.8, 4) is 40.1 Å². The van der Waals surface area contributed by atoms with Gasteiger partial charge in [0.25, 0.3) is 11.8 Å². The average Bonchev–Trinajstić information content (AvgIpc) is 3.31. The molecule has 1 amide bonds. The molecule has 0 saturated heterocycles. The predicted octanol–water partition coefficient (Wildman–Crippen LogP) is 3.20. The van der Waals surface area contributed by atoms with Crippen molar-refractivity contribution in [2.45, 2.75) is 6.42 Å². The largest absolute Gasteiger partial charge is 0.493 e. The van der Waals surface area contributed by atoms with E-state index >= 15 is 0 Å². The van der Waals surface area contributed by atoms with Crippen LogP contribution in [0.1, 0.15) is 16.8 Å². The van der Waals surface area contributed by atoms with E-state index in [1.54, 1.807) is 43.5 Å². The molecular weight excluding hydrogens is 402 g/mol. The molecule has 0 saturated carbocycles. The van der Waals surface area contributed by atoms with Gasteiger partial charge in [-0.05, 0) is 30.7 Å². The zero-order valence-corrected chi connectivity index (χ0v) is 17.9. The number of benzene rings is 2. The van der Waals surface area contributed by atoms with Crippen LogP contribution in [0.5, 0.6) is 17.2 Å². The van der Waals surface area contributed by atoms with Gasteiger partial charge in [-0.25, -0.2) is 0 Å². The summed E-state index contributed by atoms with van der Waals surface area (Å²) in [5, 5.41) is 6.94. The lowest BCUT2D eigenvalue weighted by molar-refractivity contribution is 0.0949. The first-order valence-corrected chi connectivity index (χ1v) is 9.63. The molecule has 3 rings (SSSR count). The van der Waals surface area contributed by atoms with Crippen molar-refractivity contribution in [1.82, 2.24) is 15.5 Å². The second kappa shape index (κ2) is 10.4. The van der Waals surface area contributed by atoms with Crippen LogP contribution in [0.15, 0.2) is 40.9 Å². The maximum atomic E-state index is 12.6. The number of amides is 1. The third kappa shape index (κ3) is 4.95. The maximum absolute atomic E-state index is 12.6. The van der Waals surface area contributed by atoms with E-state index in [-0.39, 0.29) is 11.8 Å². The van der Waals surface area contributed by atoms with E-state index in [4.69, 9.17) is 23.5 Å². The Morgan fingerprint density at radius 2 is 1.74 bits per heavy atom. The number of methoxy groups -OCH3 is 4. The molecule has 31 heavy (non-hydrogen) atoms. The fraction of sp³-hybridized carbons (Fsp3) is 0.318. The Morgan fingerprint density at radius 3 is 2.39 bits per heavy atom. The number of hydrogen-bond acceptors (Lipinski definition) is 8. The van der Waals surface area contributed by atoms with Gasteiger partial charge >= 0.3 is 0 Å². The summed E-state index contributed by atoms with van der Waals surface area (Å²) < 4.78 is 26.6. The second-order valence-electron chi connectivity index (χ2n) is 6.48. The summed E-state index contributed by atoms with van der Waals surface area (Å²) in [5.41, 5.74) is 1.60. The summed E-state index contributed by atoms with van der Waals surface area (Å²) in [6.07, 6.45) is 0.719. The molecule has 0 fully saturated rings. The number of rotatable bonds is 10. The number of carbonyl (C=O) groups is 1.